The Bertz CT molecular complexity index is 1020. The molecule has 0 aliphatic rings. The zero-order valence-corrected chi connectivity index (χ0v) is 15.3. The number of benzene rings is 1. The van der Waals surface area contributed by atoms with Gasteiger partial charge >= 0.3 is 0 Å². The molecule has 1 aromatic carbocycles. The van der Waals surface area contributed by atoms with Gasteiger partial charge in [-0.25, -0.2) is 17.7 Å². The lowest BCUT2D eigenvalue weighted by Gasteiger charge is -2.13. The van der Waals surface area contributed by atoms with E-state index in [0.717, 1.165) is 23.0 Å². The first-order chi connectivity index (χ1) is 12.3. The van der Waals surface area contributed by atoms with E-state index in [9.17, 15) is 13.2 Å². The minimum atomic E-state index is -3.26. The summed E-state index contributed by atoms with van der Waals surface area (Å²) >= 11 is 0. The van der Waals surface area contributed by atoms with Gasteiger partial charge in [-0.2, -0.15) is 5.10 Å². The van der Waals surface area contributed by atoms with Crippen molar-refractivity contribution in [2.75, 3.05) is 26.4 Å². The van der Waals surface area contributed by atoms with E-state index >= 15 is 0 Å². The van der Waals surface area contributed by atoms with E-state index in [4.69, 9.17) is 0 Å². The first-order valence-corrected chi connectivity index (χ1v) is 9.83. The molecule has 0 saturated carbocycles. The van der Waals surface area contributed by atoms with E-state index in [1.807, 2.05) is 28.8 Å². The highest BCUT2D eigenvalue weighted by Gasteiger charge is 2.14. The molecular formula is C16H20N6O3S. The van der Waals surface area contributed by atoms with Crippen LogP contribution in [0.5, 0.6) is 0 Å². The van der Waals surface area contributed by atoms with Gasteiger partial charge in [-0.1, -0.05) is 12.1 Å². The molecule has 0 radical (unpaired) electrons. The number of aromatic nitrogens is 4. The smallest absolute Gasteiger partial charge is 0.271 e. The van der Waals surface area contributed by atoms with Crippen molar-refractivity contribution in [2.45, 2.75) is 6.54 Å². The Morgan fingerprint density at radius 3 is 2.88 bits per heavy atom. The summed E-state index contributed by atoms with van der Waals surface area (Å²) in [6.07, 6.45) is 2.86. The predicted molar refractivity (Wildman–Crippen MR) is 97.2 cm³/mol. The monoisotopic (exact) mass is 376 g/mol. The summed E-state index contributed by atoms with van der Waals surface area (Å²) in [4.78, 5) is 16.5. The average molecular weight is 376 g/mol. The van der Waals surface area contributed by atoms with Gasteiger partial charge in [0.2, 0.25) is 10.0 Å². The number of imidazole rings is 1. The highest BCUT2D eigenvalue weighted by molar-refractivity contribution is 7.88. The van der Waals surface area contributed by atoms with Gasteiger partial charge in [0.05, 0.1) is 35.9 Å². The zero-order chi connectivity index (χ0) is 18.7. The fourth-order valence-electron chi connectivity index (χ4n) is 2.46. The number of para-hydroxylation sites is 2. The van der Waals surface area contributed by atoms with Gasteiger partial charge in [-0.15, -0.1) is 0 Å². The van der Waals surface area contributed by atoms with Crippen LogP contribution in [0.25, 0.3) is 11.0 Å². The highest BCUT2D eigenvalue weighted by Crippen LogP contribution is 2.13. The van der Waals surface area contributed by atoms with Crippen LogP contribution in [0.15, 0.2) is 36.7 Å². The van der Waals surface area contributed by atoms with Crippen LogP contribution in [0.3, 0.4) is 0 Å². The number of sulfonamides is 1. The number of fused-ring (bicyclic) bond motifs is 1. The minimum Gasteiger partial charge on any atom is -0.349 e. The summed E-state index contributed by atoms with van der Waals surface area (Å²) in [7, 11) is -1.79. The van der Waals surface area contributed by atoms with Crippen LogP contribution in [0.2, 0.25) is 0 Å². The number of rotatable bonds is 7. The number of hydrogen-bond acceptors (Lipinski definition) is 5. The normalized spacial score (nSPS) is 12.0. The van der Waals surface area contributed by atoms with E-state index in [1.54, 1.807) is 12.4 Å². The van der Waals surface area contributed by atoms with Crippen molar-refractivity contribution in [1.29, 1.82) is 0 Å². The van der Waals surface area contributed by atoms with E-state index in [0.29, 0.717) is 6.54 Å². The van der Waals surface area contributed by atoms with Crippen LogP contribution in [0.1, 0.15) is 16.2 Å². The van der Waals surface area contributed by atoms with Crippen LogP contribution < -0.4 is 5.32 Å². The maximum atomic E-state index is 12.1. The Balaban J connectivity index is 1.60. The van der Waals surface area contributed by atoms with Crippen molar-refractivity contribution in [3.63, 3.8) is 0 Å². The molecule has 138 valence electrons. The van der Waals surface area contributed by atoms with Gasteiger partial charge in [0.15, 0.2) is 0 Å². The van der Waals surface area contributed by atoms with Crippen molar-refractivity contribution in [2.24, 2.45) is 0 Å². The van der Waals surface area contributed by atoms with Crippen LogP contribution >= 0.6 is 0 Å². The standard InChI is InChI=1S/C16H20N6O3S/c1-21(26(2,24)25)8-7-17-16(23)14-9-12(19-20-14)10-22-11-18-13-5-3-4-6-15(13)22/h3-6,9,11H,7-8,10H2,1-2H3,(H,17,23)(H,19,20). The highest BCUT2D eigenvalue weighted by atomic mass is 32.2. The lowest BCUT2D eigenvalue weighted by atomic mass is 10.3. The van der Waals surface area contributed by atoms with Crippen molar-refractivity contribution in [3.8, 4) is 0 Å². The summed E-state index contributed by atoms with van der Waals surface area (Å²) < 4.78 is 25.8. The van der Waals surface area contributed by atoms with Crippen molar-refractivity contribution < 1.29 is 13.2 Å². The lowest BCUT2D eigenvalue weighted by Crippen LogP contribution is -2.35. The molecular weight excluding hydrogens is 356 g/mol. The van der Waals surface area contributed by atoms with E-state index < -0.39 is 10.0 Å². The number of nitrogens with one attached hydrogen (secondary N) is 2. The maximum absolute atomic E-state index is 12.1. The number of aromatic amines is 1. The van der Waals surface area contributed by atoms with Crippen LogP contribution in [0, 0.1) is 0 Å². The van der Waals surface area contributed by atoms with Gasteiger partial charge in [0.1, 0.15) is 5.69 Å². The van der Waals surface area contributed by atoms with Gasteiger partial charge in [0, 0.05) is 20.1 Å². The number of likely N-dealkylation sites (N-methyl/N-ethyl adjacent to an activating group) is 1. The number of H-pyrrole nitrogens is 1. The largest absolute Gasteiger partial charge is 0.349 e. The van der Waals surface area contributed by atoms with E-state index in [-0.39, 0.29) is 24.7 Å². The number of carbonyl (C=O) groups is 1. The maximum Gasteiger partial charge on any atom is 0.271 e. The minimum absolute atomic E-state index is 0.197. The van der Waals surface area contributed by atoms with Crippen LogP contribution in [-0.2, 0) is 16.6 Å². The molecule has 1 amide bonds. The Hall–Kier alpha value is -2.72. The number of carbonyl (C=O) groups excluding carboxylic acids is 1. The molecule has 0 atom stereocenters. The van der Waals surface area contributed by atoms with Crippen LogP contribution in [0.4, 0.5) is 0 Å². The second-order valence-corrected chi connectivity index (χ2v) is 8.07. The average Bonchev–Trinajstić information content (AvgIpc) is 3.22. The third kappa shape index (κ3) is 4.09. The van der Waals surface area contributed by atoms with E-state index in [1.165, 1.54) is 11.4 Å². The summed E-state index contributed by atoms with van der Waals surface area (Å²) in [6.45, 7) is 0.914. The molecule has 9 nitrogen and oxygen atoms in total. The molecule has 10 heteroatoms. The molecule has 2 N–H and O–H groups in total. The first kappa shape index (κ1) is 18.1. The third-order valence-corrected chi connectivity index (χ3v) is 5.32. The molecule has 0 aliphatic heterocycles. The molecule has 0 spiro atoms. The summed E-state index contributed by atoms with van der Waals surface area (Å²) in [5.74, 6) is -0.357. The molecule has 2 heterocycles. The first-order valence-electron chi connectivity index (χ1n) is 7.98. The quantitative estimate of drug-likeness (QED) is 0.621. The fourth-order valence-corrected chi connectivity index (χ4v) is 2.88. The molecule has 0 fully saturated rings. The molecule has 0 unspecified atom stereocenters. The molecule has 3 aromatic rings. The number of amides is 1. The number of hydrogen-bond donors (Lipinski definition) is 2. The van der Waals surface area contributed by atoms with E-state index in [2.05, 4.69) is 20.5 Å². The van der Waals surface area contributed by atoms with Gasteiger partial charge in [0.25, 0.3) is 5.91 Å². The summed E-state index contributed by atoms with van der Waals surface area (Å²) in [5, 5.41) is 9.53. The molecule has 0 saturated heterocycles. The fraction of sp³-hybridized carbons (Fsp3) is 0.312. The molecule has 3 rings (SSSR count). The third-order valence-electron chi connectivity index (χ3n) is 4.01. The topological polar surface area (TPSA) is 113 Å². The van der Waals surface area contributed by atoms with Crippen molar-refractivity contribution in [1.82, 2.24) is 29.4 Å². The Morgan fingerprint density at radius 1 is 1.35 bits per heavy atom. The van der Waals surface area contributed by atoms with Crippen molar-refractivity contribution >= 4 is 27.0 Å². The predicted octanol–water partition coefficient (Wildman–Crippen LogP) is 0.429. The Labute approximate surface area is 151 Å². The van der Waals surface area contributed by atoms with Crippen molar-refractivity contribution in [3.05, 3.63) is 48.0 Å². The summed E-state index contributed by atoms with van der Waals surface area (Å²) in [6, 6.07) is 9.46. The zero-order valence-electron chi connectivity index (χ0n) is 14.5. The van der Waals surface area contributed by atoms with Crippen LogP contribution in [-0.4, -0.2) is 64.8 Å². The molecule has 0 bridgehead atoms. The second kappa shape index (κ2) is 7.26. The molecule has 26 heavy (non-hydrogen) atoms. The molecule has 0 aliphatic carbocycles. The summed E-state index contributed by atoms with van der Waals surface area (Å²) in [5.41, 5.74) is 2.93. The van der Waals surface area contributed by atoms with Gasteiger partial charge in [-0.05, 0) is 18.2 Å². The number of nitrogens with zero attached hydrogens (tertiary/aromatic N) is 4. The SMILES string of the molecule is CN(CCNC(=O)c1cc(Cn2cnc3ccccc32)[nH]n1)S(C)(=O)=O. The lowest BCUT2D eigenvalue weighted by molar-refractivity contribution is 0.0947. The Kier molecular flexibility index (Phi) is 5.05. The van der Waals surface area contributed by atoms with Gasteiger partial charge in [-0.3, -0.25) is 9.89 Å². The Morgan fingerprint density at radius 2 is 2.12 bits per heavy atom. The van der Waals surface area contributed by atoms with Gasteiger partial charge < -0.3 is 9.88 Å². The molecule has 2 aromatic heterocycles. The second-order valence-electron chi connectivity index (χ2n) is 5.98.